The van der Waals surface area contributed by atoms with Crippen molar-refractivity contribution in [3.63, 3.8) is 0 Å². The van der Waals surface area contributed by atoms with E-state index in [0.717, 1.165) is 17.8 Å². The average molecular weight is 362 g/mol. The van der Waals surface area contributed by atoms with Crippen molar-refractivity contribution in [2.45, 2.75) is 38.3 Å². The van der Waals surface area contributed by atoms with Crippen LogP contribution in [0.5, 0.6) is 0 Å². The van der Waals surface area contributed by atoms with Crippen molar-refractivity contribution in [1.82, 2.24) is 14.5 Å². The van der Waals surface area contributed by atoms with Crippen molar-refractivity contribution in [2.24, 2.45) is 0 Å². The maximum absolute atomic E-state index is 12.5. The lowest BCUT2D eigenvalue weighted by Gasteiger charge is -2.15. The fraction of sp³-hybridized carbons (Fsp3) is 0.357. The van der Waals surface area contributed by atoms with Crippen LogP contribution in [0.4, 0.5) is 0 Å². The molecule has 2 rings (SSSR count). The molecule has 0 aliphatic heterocycles. The largest absolute Gasteiger partial charge is 0.270 e. The summed E-state index contributed by atoms with van der Waals surface area (Å²) < 4.78 is 29.4. The number of sulfonamides is 1. The number of aromatic nitrogens is 2. The van der Waals surface area contributed by atoms with Gasteiger partial charge in [0.1, 0.15) is 4.90 Å². The molecule has 2 aromatic rings. The summed E-state index contributed by atoms with van der Waals surface area (Å²) in [6, 6.07) is 3.91. The summed E-state index contributed by atoms with van der Waals surface area (Å²) in [4.78, 5) is -0.0333. The van der Waals surface area contributed by atoms with Crippen LogP contribution in [0, 0.1) is 6.92 Å². The Balaban J connectivity index is 2.31. The number of benzene rings is 1. The van der Waals surface area contributed by atoms with Crippen LogP contribution in [0.15, 0.2) is 29.3 Å². The maximum atomic E-state index is 12.5. The van der Waals surface area contributed by atoms with E-state index in [1.807, 2.05) is 18.5 Å². The predicted octanol–water partition coefficient (Wildman–Crippen LogP) is 3.56. The summed E-state index contributed by atoms with van der Waals surface area (Å²) in [6.07, 6.45) is 1.67. The molecule has 1 atom stereocenters. The molecule has 0 bridgehead atoms. The molecule has 0 unspecified atom stereocenters. The van der Waals surface area contributed by atoms with E-state index in [0.29, 0.717) is 5.02 Å². The molecule has 0 saturated heterocycles. The van der Waals surface area contributed by atoms with E-state index < -0.39 is 16.1 Å². The number of nitrogens with zero attached hydrogens (tertiary/aromatic N) is 2. The fourth-order valence-corrected chi connectivity index (χ4v) is 4.23. The summed E-state index contributed by atoms with van der Waals surface area (Å²) in [5.41, 5.74) is 1.75. The molecular formula is C14H17Cl2N3O2S. The van der Waals surface area contributed by atoms with Crippen molar-refractivity contribution >= 4 is 33.2 Å². The third-order valence-electron chi connectivity index (χ3n) is 3.42. The van der Waals surface area contributed by atoms with Gasteiger partial charge in [-0.1, -0.05) is 23.2 Å². The van der Waals surface area contributed by atoms with Crippen LogP contribution >= 0.6 is 23.2 Å². The van der Waals surface area contributed by atoms with Gasteiger partial charge in [0.2, 0.25) is 10.0 Å². The quantitative estimate of drug-likeness (QED) is 0.885. The van der Waals surface area contributed by atoms with Crippen molar-refractivity contribution in [3.8, 4) is 0 Å². The van der Waals surface area contributed by atoms with Crippen LogP contribution in [0.25, 0.3) is 0 Å². The van der Waals surface area contributed by atoms with Crippen molar-refractivity contribution < 1.29 is 8.42 Å². The van der Waals surface area contributed by atoms with Gasteiger partial charge in [0.25, 0.3) is 0 Å². The Bertz CT molecular complexity index is 787. The molecule has 0 spiro atoms. The number of nitrogens with one attached hydrogen (secondary N) is 1. The van der Waals surface area contributed by atoms with Crippen molar-refractivity contribution in [1.29, 1.82) is 0 Å². The highest BCUT2D eigenvalue weighted by atomic mass is 35.5. The molecule has 0 amide bonds. The third-order valence-corrected chi connectivity index (χ3v) is 5.68. The van der Waals surface area contributed by atoms with Crippen LogP contribution in [0.2, 0.25) is 10.0 Å². The predicted molar refractivity (Wildman–Crippen MR) is 87.8 cm³/mol. The van der Waals surface area contributed by atoms with Crippen molar-refractivity contribution in [2.75, 3.05) is 0 Å². The van der Waals surface area contributed by atoms with Gasteiger partial charge in [-0.3, -0.25) is 4.68 Å². The van der Waals surface area contributed by atoms with Crippen LogP contribution in [-0.2, 0) is 16.6 Å². The van der Waals surface area contributed by atoms with Gasteiger partial charge < -0.3 is 0 Å². The number of rotatable bonds is 5. The van der Waals surface area contributed by atoms with Crippen LogP contribution in [-0.4, -0.2) is 18.2 Å². The third kappa shape index (κ3) is 3.46. The first-order chi connectivity index (χ1) is 10.3. The monoisotopic (exact) mass is 361 g/mol. The Labute approximate surface area is 140 Å². The Hall–Kier alpha value is -1.08. The number of aryl methyl sites for hydroxylation is 1. The Morgan fingerprint density at radius 3 is 2.64 bits per heavy atom. The topological polar surface area (TPSA) is 64.0 Å². The van der Waals surface area contributed by atoms with Gasteiger partial charge in [-0.2, -0.15) is 5.10 Å². The summed E-state index contributed by atoms with van der Waals surface area (Å²) in [6.45, 7) is 6.37. The molecule has 0 saturated carbocycles. The van der Waals surface area contributed by atoms with E-state index in [2.05, 4.69) is 9.82 Å². The Morgan fingerprint density at radius 2 is 2.05 bits per heavy atom. The van der Waals surface area contributed by atoms with E-state index >= 15 is 0 Å². The number of halogens is 2. The van der Waals surface area contributed by atoms with Gasteiger partial charge >= 0.3 is 0 Å². The average Bonchev–Trinajstić information content (AvgIpc) is 2.82. The second-order valence-electron chi connectivity index (χ2n) is 4.92. The first-order valence-corrected chi connectivity index (χ1v) is 9.00. The zero-order chi connectivity index (χ0) is 16.5. The molecule has 1 aromatic heterocycles. The first-order valence-electron chi connectivity index (χ1n) is 6.76. The Kier molecular flexibility index (Phi) is 5.17. The molecule has 5 nitrogen and oxygen atoms in total. The summed E-state index contributed by atoms with van der Waals surface area (Å²) >= 11 is 11.8. The summed E-state index contributed by atoms with van der Waals surface area (Å²) in [7, 11) is -3.78. The Morgan fingerprint density at radius 1 is 1.36 bits per heavy atom. The zero-order valence-corrected chi connectivity index (χ0v) is 14.8. The second-order valence-corrected chi connectivity index (χ2v) is 7.44. The maximum Gasteiger partial charge on any atom is 0.242 e. The first kappa shape index (κ1) is 17.3. The lowest BCUT2D eigenvalue weighted by molar-refractivity contribution is 0.565. The molecule has 1 N–H and O–H groups in total. The highest BCUT2D eigenvalue weighted by Gasteiger charge is 2.23. The molecule has 0 aliphatic carbocycles. The highest BCUT2D eigenvalue weighted by molar-refractivity contribution is 7.89. The van der Waals surface area contributed by atoms with Crippen LogP contribution in [0.3, 0.4) is 0 Å². The smallest absolute Gasteiger partial charge is 0.242 e. The van der Waals surface area contributed by atoms with E-state index in [4.69, 9.17) is 23.2 Å². The van der Waals surface area contributed by atoms with E-state index in [1.54, 1.807) is 19.2 Å². The lowest BCUT2D eigenvalue weighted by atomic mass is 10.1. The van der Waals surface area contributed by atoms with Gasteiger partial charge in [0.15, 0.2) is 0 Å². The molecule has 0 aliphatic rings. The van der Waals surface area contributed by atoms with Crippen LogP contribution < -0.4 is 4.72 Å². The SMILES string of the molecule is CCn1ncc([C@@H](C)NS(=O)(=O)c2cc(Cl)ccc2Cl)c1C. The standard InChI is InChI=1S/C14H17Cl2N3O2S/c1-4-19-10(3)12(8-17-19)9(2)18-22(20,21)14-7-11(15)5-6-13(14)16/h5-9,18H,4H2,1-3H3/t9-/m1/s1. The van der Waals surface area contributed by atoms with E-state index in [1.165, 1.54) is 12.1 Å². The van der Waals surface area contributed by atoms with E-state index in [-0.39, 0.29) is 9.92 Å². The molecule has 0 radical (unpaired) electrons. The number of hydrogen-bond donors (Lipinski definition) is 1. The van der Waals surface area contributed by atoms with E-state index in [9.17, 15) is 8.42 Å². The van der Waals surface area contributed by atoms with Gasteiger partial charge in [0, 0.05) is 28.9 Å². The summed E-state index contributed by atoms with van der Waals surface area (Å²) in [5, 5.41) is 4.67. The van der Waals surface area contributed by atoms with Crippen molar-refractivity contribution in [3.05, 3.63) is 45.7 Å². The molecule has 120 valence electrons. The summed E-state index contributed by atoms with van der Waals surface area (Å²) in [5.74, 6) is 0. The molecular weight excluding hydrogens is 345 g/mol. The molecule has 22 heavy (non-hydrogen) atoms. The zero-order valence-electron chi connectivity index (χ0n) is 12.5. The van der Waals surface area contributed by atoms with Gasteiger partial charge in [0.05, 0.1) is 11.2 Å². The molecule has 0 fully saturated rings. The van der Waals surface area contributed by atoms with Gasteiger partial charge in [-0.15, -0.1) is 0 Å². The van der Waals surface area contributed by atoms with Gasteiger partial charge in [-0.05, 0) is 39.0 Å². The highest BCUT2D eigenvalue weighted by Crippen LogP contribution is 2.27. The molecule has 1 aromatic carbocycles. The minimum atomic E-state index is -3.78. The molecule has 8 heteroatoms. The second kappa shape index (κ2) is 6.58. The number of hydrogen-bond acceptors (Lipinski definition) is 3. The van der Waals surface area contributed by atoms with Gasteiger partial charge in [-0.25, -0.2) is 13.1 Å². The normalized spacial score (nSPS) is 13.3. The van der Waals surface area contributed by atoms with Crippen LogP contribution in [0.1, 0.15) is 31.1 Å². The molecule has 1 heterocycles. The fourth-order valence-electron chi connectivity index (χ4n) is 2.25. The minimum Gasteiger partial charge on any atom is -0.270 e. The lowest BCUT2D eigenvalue weighted by Crippen LogP contribution is -2.27. The minimum absolute atomic E-state index is 0.0333.